The van der Waals surface area contributed by atoms with E-state index in [1.54, 1.807) is 18.2 Å². The zero-order chi connectivity index (χ0) is 17.1. The van der Waals surface area contributed by atoms with Gasteiger partial charge in [-0.1, -0.05) is 29.8 Å². The van der Waals surface area contributed by atoms with Gasteiger partial charge in [0.15, 0.2) is 7.80 Å². The molecule has 1 unspecified atom stereocenters. The molecule has 0 aliphatic carbocycles. The summed E-state index contributed by atoms with van der Waals surface area (Å²) >= 11 is 0. The third-order valence-corrected chi connectivity index (χ3v) is 4.92. The van der Waals surface area contributed by atoms with E-state index in [0.29, 0.717) is 16.6 Å². The van der Waals surface area contributed by atoms with Crippen molar-refractivity contribution in [3.63, 3.8) is 0 Å². The molecule has 0 saturated carbocycles. The minimum absolute atomic E-state index is 0.0440. The first kappa shape index (κ1) is 17.4. The van der Waals surface area contributed by atoms with Crippen LogP contribution < -0.4 is 10.0 Å². The molecule has 0 aromatic heterocycles. The van der Waals surface area contributed by atoms with Gasteiger partial charge in [0, 0.05) is 5.56 Å². The van der Waals surface area contributed by atoms with Crippen LogP contribution in [0.2, 0.25) is 0 Å². The lowest BCUT2D eigenvalue weighted by molar-refractivity contribution is 0.107. The number of rotatable bonds is 5. The van der Waals surface area contributed by atoms with E-state index in [-0.39, 0.29) is 11.6 Å². The average molecular weight is 329 g/mol. The number of para-hydroxylation sites is 1. The Kier molecular flexibility index (Phi) is 5.33. The number of carbonyl (C=O) groups is 1. The van der Waals surface area contributed by atoms with Crippen molar-refractivity contribution in [1.82, 2.24) is 0 Å². The lowest BCUT2D eigenvalue weighted by Crippen LogP contribution is -2.14. The molecule has 1 atom stereocenters. The number of benzene rings is 2. The van der Waals surface area contributed by atoms with E-state index in [0.717, 1.165) is 16.7 Å². The third-order valence-electron chi connectivity index (χ3n) is 3.52. The normalized spacial score (nSPS) is 11.5. The second-order valence-corrected chi connectivity index (χ2v) is 7.48. The number of ether oxygens (including phenoxy) is 1. The quantitative estimate of drug-likeness (QED) is 0.747. The molecule has 0 N–H and O–H groups in total. The fourth-order valence-corrected chi connectivity index (χ4v) is 4.03. The van der Waals surface area contributed by atoms with Crippen LogP contribution in [0.1, 0.15) is 40.9 Å². The topological polar surface area (TPSA) is 43.4 Å². The summed E-state index contributed by atoms with van der Waals surface area (Å²) in [5, 5.41) is 0.459. The zero-order valence-electron chi connectivity index (χ0n) is 14.2. The molecule has 3 nitrogen and oxygen atoms in total. The molecule has 2 aromatic rings. The summed E-state index contributed by atoms with van der Waals surface area (Å²) in [5.74, 6) is 0.513. The largest absolute Gasteiger partial charge is 0.490 e. The summed E-state index contributed by atoms with van der Waals surface area (Å²) < 4.78 is 18.6. The van der Waals surface area contributed by atoms with Gasteiger partial charge in [0.05, 0.1) is 11.4 Å². The molecule has 2 aromatic carbocycles. The van der Waals surface area contributed by atoms with E-state index in [2.05, 4.69) is 0 Å². The highest BCUT2D eigenvalue weighted by molar-refractivity contribution is 7.71. The molecule has 1 radical (unpaired) electrons. The van der Waals surface area contributed by atoms with Crippen LogP contribution in [0, 0.1) is 20.8 Å². The Balaban J connectivity index is 2.44. The minimum Gasteiger partial charge on any atom is -0.490 e. The molecule has 2 rings (SSSR count). The SMILES string of the molecule is Cc1cc(C)c(C(=O)[P](=O)c2ccccc2OC(C)C)c(C)c1. The Hall–Kier alpha value is -1.99. The van der Waals surface area contributed by atoms with Crippen LogP contribution in [-0.4, -0.2) is 11.6 Å². The molecule has 0 amide bonds. The predicted octanol–water partition coefficient (Wildman–Crippen LogP) is 4.69. The smallest absolute Gasteiger partial charge is 0.247 e. The fraction of sp³-hybridized carbons (Fsp3) is 0.316. The summed E-state index contributed by atoms with van der Waals surface area (Å²) in [6, 6.07) is 10.9. The van der Waals surface area contributed by atoms with Crippen LogP contribution in [0.3, 0.4) is 0 Å². The maximum Gasteiger partial charge on any atom is 0.247 e. The van der Waals surface area contributed by atoms with Gasteiger partial charge in [-0.15, -0.1) is 0 Å². The first-order valence-corrected chi connectivity index (χ1v) is 8.92. The Morgan fingerprint density at radius 3 is 2.17 bits per heavy atom. The second-order valence-electron chi connectivity index (χ2n) is 6.01. The minimum atomic E-state index is -2.22. The van der Waals surface area contributed by atoms with Crippen molar-refractivity contribution in [2.75, 3.05) is 0 Å². The van der Waals surface area contributed by atoms with Crippen molar-refractivity contribution >= 4 is 18.6 Å². The van der Waals surface area contributed by atoms with Gasteiger partial charge in [-0.2, -0.15) is 0 Å². The van der Waals surface area contributed by atoms with Crippen molar-refractivity contribution in [2.24, 2.45) is 0 Å². The van der Waals surface area contributed by atoms with Crippen LogP contribution in [0.15, 0.2) is 36.4 Å². The van der Waals surface area contributed by atoms with Gasteiger partial charge in [0.25, 0.3) is 0 Å². The summed E-state index contributed by atoms with van der Waals surface area (Å²) in [7, 11) is -2.22. The molecule has 121 valence electrons. The lowest BCUT2D eigenvalue weighted by Gasteiger charge is -2.14. The van der Waals surface area contributed by atoms with Gasteiger partial charge in [-0.3, -0.25) is 9.36 Å². The molecule has 0 bridgehead atoms. The molecule has 4 heteroatoms. The van der Waals surface area contributed by atoms with E-state index < -0.39 is 7.80 Å². The first-order chi connectivity index (χ1) is 10.8. The summed E-state index contributed by atoms with van der Waals surface area (Å²) in [4.78, 5) is 12.8. The van der Waals surface area contributed by atoms with Gasteiger partial charge >= 0.3 is 0 Å². The van der Waals surface area contributed by atoms with Crippen molar-refractivity contribution < 1.29 is 14.1 Å². The Morgan fingerprint density at radius 2 is 1.61 bits per heavy atom. The highest BCUT2D eigenvalue weighted by Crippen LogP contribution is 2.33. The zero-order valence-corrected chi connectivity index (χ0v) is 15.1. The van der Waals surface area contributed by atoms with Crippen molar-refractivity contribution in [3.8, 4) is 5.75 Å². The van der Waals surface area contributed by atoms with E-state index in [1.807, 2.05) is 52.8 Å². The summed E-state index contributed by atoms with van der Waals surface area (Å²) in [6.45, 7) is 9.56. The number of hydrogen-bond acceptors (Lipinski definition) is 3. The van der Waals surface area contributed by atoms with Crippen LogP contribution >= 0.6 is 7.80 Å². The average Bonchev–Trinajstić information content (AvgIpc) is 2.45. The highest BCUT2D eigenvalue weighted by Gasteiger charge is 2.24. The van der Waals surface area contributed by atoms with Gasteiger partial charge in [0.1, 0.15) is 5.75 Å². The van der Waals surface area contributed by atoms with Gasteiger partial charge in [-0.05, 0) is 57.9 Å². The maximum absolute atomic E-state index is 12.9. The summed E-state index contributed by atoms with van der Waals surface area (Å²) in [6.07, 6.45) is -0.0440. The lowest BCUT2D eigenvalue weighted by atomic mass is 10.0. The number of hydrogen-bond donors (Lipinski definition) is 0. The molecule has 0 aliphatic rings. The maximum atomic E-state index is 12.9. The molecule has 23 heavy (non-hydrogen) atoms. The van der Waals surface area contributed by atoms with Crippen LogP contribution in [0.5, 0.6) is 5.75 Å². The predicted molar refractivity (Wildman–Crippen MR) is 94.4 cm³/mol. The summed E-state index contributed by atoms with van der Waals surface area (Å²) in [5.41, 5.74) is 3.03. The van der Waals surface area contributed by atoms with E-state index in [9.17, 15) is 9.36 Å². The molecule has 0 fully saturated rings. The molecule has 0 spiro atoms. The number of carbonyl (C=O) groups excluding carboxylic acids is 1. The first-order valence-electron chi connectivity index (χ1n) is 7.66. The van der Waals surface area contributed by atoms with Crippen molar-refractivity contribution in [2.45, 2.75) is 40.7 Å². The van der Waals surface area contributed by atoms with Gasteiger partial charge in [-0.25, -0.2) is 0 Å². The molecular formula is C19H22O3P. The number of aryl methyl sites for hydroxylation is 3. The van der Waals surface area contributed by atoms with Crippen molar-refractivity contribution in [3.05, 3.63) is 58.7 Å². The fourth-order valence-electron chi connectivity index (χ4n) is 2.71. The van der Waals surface area contributed by atoms with E-state index in [1.165, 1.54) is 0 Å². The Bertz CT molecular complexity index is 740. The third kappa shape index (κ3) is 3.86. The van der Waals surface area contributed by atoms with Crippen LogP contribution in [0.4, 0.5) is 0 Å². The molecule has 0 saturated heterocycles. The Morgan fingerprint density at radius 1 is 1.04 bits per heavy atom. The van der Waals surface area contributed by atoms with Crippen molar-refractivity contribution in [1.29, 1.82) is 0 Å². The van der Waals surface area contributed by atoms with Crippen LogP contribution in [0.25, 0.3) is 0 Å². The standard InChI is InChI=1S/C19H22O3P/c1-12(2)22-16-8-6-7-9-17(16)23(21)19(20)18-14(4)10-13(3)11-15(18)5/h6-12H,1-5H3. The van der Waals surface area contributed by atoms with Gasteiger partial charge < -0.3 is 4.74 Å². The van der Waals surface area contributed by atoms with E-state index in [4.69, 9.17) is 4.74 Å². The monoisotopic (exact) mass is 329 g/mol. The second kappa shape index (κ2) is 7.06. The molecule has 0 heterocycles. The van der Waals surface area contributed by atoms with Gasteiger partial charge in [0.2, 0.25) is 5.52 Å². The van der Waals surface area contributed by atoms with Crippen LogP contribution in [-0.2, 0) is 4.57 Å². The molecular weight excluding hydrogens is 307 g/mol. The highest BCUT2D eigenvalue weighted by atomic mass is 31.1. The Labute approximate surface area is 138 Å². The van der Waals surface area contributed by atoms with E-state index >= 15 is 0 Å². The molecule has 0 aliphatic heterocycles.